The van der Waals surface area contributed by atoms with E-state index in [1.165, 1.54) is 29.8 Å². The average molecular weight is 359 g/mol. The average Bonchev–Trinajstić information content (AvgIpc) is 3.17. The minimum atomic E-state index is 0.0228. The molecule has 1 aromatic heterocycles. The maximum Gasteiger partial charge on any atom is 0.239 e. The summed E-state index contributed by atoms with van der Waals surface area (Å²) in [7, 11) is 0. The second-order valence-electron chi connectivity index (χ2n) is 7.78. The van der Waals surface area contributed by atoms with Crippen LogP contribution in [0.15, 0.2) is 0 Å². The summed E-state index contributed by atoms with van der Waals surface area (Å²) >= 11 is 1.61. The zero-order valence-corrected chi connectivity index (χ0v) is 15.7. The van der Waals surface area contributed by atoms with Crippen LogP contribution in [0, 0.1) is 17.2 Å². The molecule has 0 saturated carbocycles. The van der Waals surface area contributed by atoms with E-state index < -0.39 is 0 Å². The molecule has 1 aliphatic carbocycles. The van der Waals surface area contributed by atoms with Crippen LogP contribution in [-0.2, 0) is 17.6 Å². The van der Waals surface area contributed by atoms with Gasteiger partial charge in [-0.3, -0.25) is 14.6 Å². The van der Waals surface area contributed by atoms with E-state index in [4.69, 9.17) is 0 Å². The monoisotopic (exact) mass is 358 g/mol. The van der Waals surface area contributed by atoms with Crippen molar-refractivity contribution in [3.8, 4) is 6.07 Å². The zero-order chi connectivity index (χ0) is 17.4. The van der Waals surface area contributed by atoms with Gasteiger partial charge in [-0.05, 0) is 50.1 Å². The van der Waals surface area contributed by atoms with E-state index in [0.717, 1.165) is 43.9 Å². The molecule has 5 nitrogen and oxygen atoms in total. The van der Waals surface area contributed by atoms with Gasteiger partial charge in [-0.25, -0.2) is 0 Å². The third kappa shape index (κ3) is 3.46. The highest BCUT2D eigenvalue weighted by Gasteiger charge is 2.31. The molecule has 0 aromatic carbocycles. The second-order valence-corrected chi connectivity index (χ2v) is 8.89. The first-order valence-corrected chi connectivity index (χ1v) is 10.3. The van der Waals surface area contributed by atoms with E-state index in [0.29, 0.717) is 24.1 Å². The van der Waals surface area contributed by atoms with E-state index in [1.807, 2.05) is 0 Å². The van der Waals surface area contributed by atoms with Gasteiger partial charge in [0.05, 0.1) is 12.1 Å². The fourth-order valence-corrected chi connectivity index (χ4v) is 5.90. The number of carbonyl (C=O) groups excluding carboxylic acids is 1. The number of carbonyl (C=O) groups is 1. The Hall–Kier alpha value is -1.42. The highest BCUT2D eigenvalue weighted by Crippen LogP contribution is 2.39. The van der Waals surface area contributed by atoms with Gasteiger partial charge in [0.25, 0.3) is 0 Å². The van der Waals surface area contributed by atoms with Crippen LogP contribution in [0.2, 0.25) is 0 Å². The molecule has 0 radical (unpaired) electrons. The van der Waals surface area contributed by atoms with Gasteiger partial charge in [-0.1, -0.05) is 6.92 Å². The predicted octanol–water partition coefficient (Wildman–Crippen LogP) is 2.46. The Morgan fingerprint density at radius 1 is 1.36 bits per heavy atom. The van der Waals surface area contributed by atoms with E-state index in [2.05, 4.69) is 28.1 Å². The van der Waals surface area contributed by atoms with Gasteiger partial charge in [-0.15, -0.1) is 11.3 Å². The Morgan fingerprint density at radius 2 is 2.24 bits per heavy atom. The van der Waals surface area contributed by atoms with Crippen LogP contribution in [0.25, 0.3) is 0 Å². The number of anilines is 1. The van der Waals surface area contributed by atoms with Gasteiger partial charge < -0.3 is 5.32 Å². The lowest BCUT2D eigenvalue weighted by atomic mass is 9.89. The molecule has 2 unspecified atom stereocenters. The fraction of sp³-hybridized carbons (Fsp3) is 0.684. The maximum atomic E-state index is 12.5. The van der Waals surface area contributed by atoms with Crippen molar-refractivity contribution in [2.24, 2.45) is 5.92 Å². The summed E-state index contributed by atoms with van der Waals surface area (Å²) in [6.45, 7) is 6.95. The van der Waals surface area contributed by atoms with Crippen molar-refractivity contribution in [3.63, 3.8) is 0 Å². The highest BCUT2D eigenvalue weighted by atomic mass is 32.1. The number of nitriles is 1. The maximum absolute atomic E-state index is 12.5. The van der Waals surface area contributed by atoms with Crippen LogP contribution in [0.3, 0.4) is 0 Å². The predicted molar refractivity (Wildman–Crippen MR) is 99.9 cm³/mol. The lowest BCUT2D eigenvalue weighted by molar-refractivity contribution is -0.117. The Balaban J connectivity index is 1.40. The van der Waals surface area contributed by atoms with E-state index in [9.17, 15) is 10.1 Å². The van der Waals surface area contributed by atoms with Crippen LogP contribution in [0.4, 0.5) is 5.00 Å². The molecule has 1 N–H and O–H groups in total. The van der Waals surface area contributed by atoms with Crippen molar-refractivity contribution < 1.29 is 4.79 Å². The normalized spacial score (nSPS) is 26.7. The van der Waals surface area contributed by atoms with Crippen molar-refractivity contribution in [3.05, 3.63) is 16.0 Å². The van der Waals surface area contributed by atoms with E-state index in [-0.39, 0.29) is 5.91 Å². The molecular weight excluding hydrogens is 332 g/mol. The molecule has 6 heteroatoms. The van der Waals surface area contributed by atoms with Gasteiger partial charge in [0.2, 0.25) is 5.91 Å². The number of amides is 1. The topological polar surface area (TPSA) is 59.4 Å². The minimum absolute atomic E-state index is 0.0228. The molecule has 3 aliphatic rings. The zero-order valence-electron chi connectivity index (χ0n) is 14.9. The Morgan fingerprint density at radius 3 is 3.08 bits per heavy atom. The summed E-state index contributed by atoms with van der Waals surface area (Å²) < 4.78 is 0. The molecular formula is C19H26N4OS. The van der Waals surface area contributed by atoms with Crippen molar-refractivity contribution in [2.45, 2.75) is 45.1 Å². The van der Waals surface area contributed by atoms with Gasteiger partial charge >= 0.3 is 0 Å². The number of fused-ring (bicyclic) bond motifs is 2. The van der Waals surface area contributed by atoms with E-state index in [1.54, 1.807) is 11.3 Å². The third-order valence-electron chi connectivity index (χ3n) is 5.92. The summed E-state index contributed by atoms with van der Waals surface area (Å²) in [5.74, 6) is 0.693. The third-order valence-corrected chi connectivity index (χ3v) is 7.08. The number of nitrogens with zero attached hydrogens (tertiary/aromatic N) is 3. The first kappa shape index (κ1) is 17.0. The first-order chi connectivity index (χ1) is 12.1. The minimum Gasteiger partial charge on any atom is -0.315 e. The molecule has 25 heavy (non-hydrogen) atoms. The number of rotatable bonds is 3. The molecule has 1 amide bonds. The fourth-order valence-electron chi connectivity index (χ4n) is 4.53. The van der Waals surface area contributed by atoms with Gasteiger partial charge in [0, 0.05) is 30.6 Å². The van der Waals surface area contributed by atoms with Crippen LogP contribution in [0.5, 0.6) is 0 Å². The SMILES string of the molecule is CC1CCc2c(sc(NC(=O)CN3CCN4CCCC4C3)c2C#N)C1. The number of piperazine rings is 1. The Bertz CT molecular complexity index is 707. The van der Waals surface area contributed by atoms with Crippen molar-refractivity contribution in [1.29, 1.82) is 5.26 Å². The van der Waals surface area contributed by atoms with Gasteiger partial charge in [-0.2, -0.15) is 5.26 Å². The number of hydrogen-bond donors (Lipinski definition) is 1. The molecule has 1 aromatic rings. The van der Waals surface area contributed by atoms with Gasteiger partial charge in [0.1, 0.15) is 11.1 Å². The molecule has 134 valence electrons. The largest absolute Gasteiger partial charge is 0.315 e. The first-order valence-electron chi connectivity index (χ1n) is 9.45. The van der Waals surface area contributed by atoms with Crippen molar-refractivity contribution in [2.75, 3.05) is 38.0 Å². The lowest BCUT2D eigenvalue weighted by Gasteiger charge is -2.37. The molecule has 4 rings (SSSR count). The lowest BCUT2D eigenvalue weighted by Crippen LogP contribution is -2.51. The molecule has 2 fully saturated rings. The number of nitrogens with one attached hydrogen (secondary N) is 1. The summed E-state index contributed by atoms with van der Waals surface area (Å²) in [6, 6.07) is 2.96. The molecule has 0 spiro atoms. The van der Waals surface area contributed by atoms with Gasteiger partial charge in [0.15, 0.2) is 0 Å². The second kappa shape index (κ2) is 7.06. The summed E-state index contributed by atoms with van der Waals surface area (Å²) in [6.07, 6.45) is 5.68. The molecule has 0 bridgehead atoms. The van der Waals surface area contributed by atoms with Crippen LogP contribution >= 0.6 is 11.3 Å². The Kier molecular flexibility index (Phi) is 4.81. The Labute approximate surface area is 153 Å². The van der Waals surface area contributed by atoms with E-state index >= 15 is 0 Å². The van der Waals surface area contributed by atoms with Crippen LogP contribution in [0.1, 0.15) is 42.2 Å². The number of thiophene rings is 1. The smallest absolute Gasteiger partial charge is 0.239 e. The van der Waals surface area contributed by atoms with Crippen LogP contribution < -0.4 is 5.32 Å². The molecule has 2 aliphatic heterocycles. The van der Waals surface area contributed by atoms with Crippen molar-refractivity contribution in [1.82, 2.24) is 9.80 Å². The summed E-state index contributed by atoms with van der Waals surface area (Å²) in [4.78, 5) is 18.7. The summed E-state index contributed by atoms with van der Waals surface area (Å²) in [5.41, 5.74) is 1.89. The summed E-state index contributed by atoms with van der Waals surface area (Å²) in [5, 5.41) is 13.4. The standard InChI is InChI=1S/C19H26N4OS/c1-13-4-5-15-16(10-20)19(25-17(15)9-13)21-18(24)12-22-7-8-23-6-2-3-14(23)11-22/h13-14H,2-9,11-12H2,1H3,(H,21,24). The molecule has 2 saturated heterocycles. The quantitative estimate of drug-likeness (QED) is 0.902. The molecule has 2 atom stereocenters. The van der Waals surface area contributed by atoms with Crippen molar-refractivity contribution >= 4 is 22.2 Å². The number of hydrogen-bond acceptors (Lipinski definition) is 5. The molecule has 3 heterocycles. The highest BCUT2D eigenvalue weighted by molar-refractivity contribution is 7.16. The van der Waals surface area contributed by atoms with Crippen LogP contribution in [-0.4, -0.2) is 54.5 Å².